The topological polar surface area (TPSA) is 67.8 Å². The highest BCUT2D eigenvalue weighted by molar-refractivity contribution is 6.99. The summed E-state index contributed by atoms with van der Waals surface area (Å²) >= 11 is 0.997. The Kier molecular flexibility index (Phi) is 2.46. The molecule has 2 aromatic rings. The van der Waals surface area contributed by atoms with Gasteiger partial charge < -0.3 is 5.32 Å². The predicted molar refractivity (Wildman–Crippen MR) is 52.1 cm³/mol. The molecule has 2 aromatic heterocycles. The molecular formula is C8H6N4OS. The molecule has 0 aliphatic carbocycles. The fourth-order valence-corrected chi connectivity index (χ4v) is 1.29. The van der Waals surface area contributed by atoms with Crippen LogP contribution in [0.2, 0.25) is 0 Å². The Morgan fingerprint density at radius 1 is 1.43 bits per heavy atom. The lowest BCUT2D eigenvalue weighted by molar-refractivity contribution is 0.102. The lowest BCUT2D eigenvalue weighted by Gasteiger charge is -1.99. The van der Waals surface area contributed by atoms with Crippen LogP contribution in [0.15, 0.2) is 30.6 Å². The van der Waals surface area contributed by atoms with Crippen molar-refractivity contribution in [2.45, 2.75) is 0 Å². The molecule has 0 atom stereocenters. The second-order valence-corrected chi connectivity index (χ2v) is 3.02. The number of anilines is 1. The van der Waals surface area contributed by atoms with Gasteiger partial charge >= 0.3 is 0 Å². The Balaban J connectivity index is 2.10. The molecule has 0 spiro atoms. The lowest BCUT2D eigenvalue weighted by Crippen LogP contribution is -2.12. The largest absolute Gasteiger partial charge is 0.305 e. The third kappa shape index (κ3) is 1.91. The van der Waals surface area contributed by atoms with Crippen molar-refractivity contribution in [1.82, 2.24) is 13.7 Å². The minimum atomic E-state index is -0.294. The van der Waals surface area contributed by atoms with E-state index < -0.39 is 0 Å². The van der Waals surface area contributed by atoms with Gasteiger partial charge in [-0.1, -0.05) is 6.07 Å². The zero-order valence-electron chi connectivity index (χ0n) is 7.04. The summed E-state index contributed by atoms with van der Waals surface area (Å²) < 4.78 is 7.54. The number of hydrogen-bond donors (Lipinski definition) is 1. The molecule has 0 radical (unpaired) electrons. The molecular weight excluding hydrogens is 200 g/mol. The Bertz CT molecular complexity index is 414. The number of pyridine rings is 1. The van der Waals surface area contributed by atoms with Gasteiger partial charge in [-0.25, -0.2) is 4.98 Å². The minimum absolute atomic E-state index is 0.294. The van der Waals surface area contributed by atoms with Gasteiger partial charge in [0, 0.05) is 6.20 Å². The van der Waals surface area contributed by atoms with Crippen LogP contribution in [0.25, 0.3) is 0 Å². The number of aromatic nitrogens is 3. The first-order valence-electron chi connectivity index (χ1n) is 3.86. The summed E-state index contributed by atoms with van der Waals surface area (Å²) in [6.07, 6.45) is 3.03. The van der Waals surface area contributed by atoms with Gasteiger partial charge in [0.05, 0.1) is 17.9 Å². The van der Waals surface area contributed by atoms with E-state index in [0.717, 1.165) is 11.7 Å². The molecule has 0 bridgehead atoms. The first kappa shape index (κ1) is 8.76. The van der Waals surface area contributed by atoms with Gasteiger partial charge in [0.1, 0.15) is 5.82 Å². The predicted octanol–water partition coefficient (Wildman–Crippen LogP) is 1.19. The van der Waals surface area contributed by atoms with Crippen molar-refractivity contribution in [2.75, 3.05) is 5.32 Å². The molecule has 5 nitrogen and oxygen atoms in total. The average Bonchev–Trinajstić information content (AvgIpc) is 2.72. The van der Waals surface area contributed by atoms with Crippen molar-refractivity contribution in [3.8, 4) is 0 Å². The van der Waals surface area contributed by atoms with E-state index in [2.05, 4.69) is 19.0 Å². The maximum absolute atomic E-state index is 11.4. The number of nitrogens with one attached hydrogen (secondary N) is 1. The molecule has 0 unspecified atom stereocenters. The Morgan fingerprint density at radius 3 is 3.00 bits per heavy atom. The van der Waals surface area contributed by atoms with E-state index >= 15 is 0 Å². The molecule has 0 aliphatic rings. The van der Waals surface area contributed by atoms with Crippen molar-refractivity contribution in [3.63, 3.8) is 0 Å². The van der Waals surface area contributed by atoms with Crippen LogP contribution in [-0.4, -0.2) is 19.6 Å². The van der Waals surface area contributed by atoms with E-state index in [1.54, 1.807) is 24.4 Å². The molecule has 0 saturated carbocycles. The monoisotopic (exact) mass is 206 g/mol. The van der Waals surface area contributed by atoms with Crippen molar-refractivity contribution >= 4 is 23.5 Å². The van der Waals surface area contributed by atoms with Gasteiger partial charge in [0.25, 0.3) is 5.91 Å². The summed E-state index contributed by atoms with van der Waals surface area (Å²) in [5.41, 5.74) is 0.306. The second-order valence-electron chi connectivity index (χ2n) is 2.46. The highest BCUT2D eigenvalue weighted by Crippen LogP contribution is 2.03. The standard InChI is InChI=1S/C8H6N4OS/c13-8(6-5-10-14-12-6)11-7-3-1-2-4-9-7/h1-5H,(H,9,11,13). The van der Waals surface area contributed by atoms with E-state index in [9.17, 15) is 4.79 Å². The van der Waals surface area contributed by atoms with Crippen molar-refractivity contribution in [3.05, 3.63) is 36.3 Å². The van der Waals surface area contributed by atoms with E-state index in [1.165, 1.54) is 6.20 Å². The maximum atomic E-state index is 11.4. The van der Waals surface area contributed by atoms with Crippen molar-refractivity contribution in [2.24, 2.45) is 0 Å². The molecule has 0 saturated heterocycles. The number of hydrogen-bond acceptors (Lipinski definition) is 5. The maximum Gasteiger partial charge on any atom is 0.278 e. The van der Waals surface area contributed by atoms with E-state index in [0.29, 0.717) is 11.5 Å². The average molecular weight is 206 g/mol. The summed E-state index contributed by atoms with van der Waals surface area (Å²) in [5, 5.41) is 2.60. The number of amides is 1. The van der Waals surface area contributed by atoms with Gasteiger partial charge in [0.2, 0.25) is 0 Å². The summed E-state index contributed by atoms with van der Waals surface area (Å²) in [6, 6.07) is 5.28. The molecule has 0 aliphatic heterocycles. The first-order valence-corrected chi connectivity index (χ1v) is 4.59. The van der Waals surface area contributed by atoms with Crippen LogP contribution in [0.4, 0.5) is 5.82 Å². The molecule has 1 N–H and O–H groups in total. The molecule has 0 fully saturated rings. The normalized spacial score (nSPS) is 9.71. The van der Waals surface area contributed by atoms with E-state index in [1.807, 2.05) is 0 Å². The quantitative estimate of drug-likeness (QED) is 0.801. The highest BCUT2D eigenvalue weighted by Gasteiger charge is 2.08. The van der Waals surface area contributed by atoms with Gasteiger partial charge in [-0.05, 0) is 12.1 Å². The fourth-order valence-electron chi connectivity index (χ4n) is 0.882. The number of carbonyl (C=O) groups is 1. The first-order chi connectivity index (χ1) is 6.86. The zero-order chi connectivity index (χ0) is 9.80. The molecule has 2 rings (SSSR count). The van der Waals surface area contributed by atoms with Crippen molar-refractivity contribution < 1.29 is 4.79 Å². The molecule has 1 amide bonds. The smallest absolute Gasteiger partial charge is 0.278 e. The molecule has 14 heavy (non-hydrogen) atoms. The molecule has 6 heteroatoms. The van der Waals surface area contributed by atoms with Crippen LogP contribution in [0.3, 0.4) is 0 Å². The highest BCUT2D eigenvalue weighted by atomic mass is 32.1. The van der Waals surface area contributed by atoms with E-state index in [4.69, 9.17) is 0 Å². The third-order valence-corrected chi connectivity index (χ3v) is 1.98. The van der Waals surface area contributed by atoms with Crippen LogP contribution >= 0.6 is 11.7 Å². The van der Waals surface area contributed by atoms with Gasteiger partial charge in [-0.3, -0.25) is 4.79 Å². The summed E-state index contributed by atoms with van der Waals surface area (Å²) in [6.45, 7) is 0. The van der Waals surface area contributed by atoms with Crippen LogP contribution in [0.1, 0.15) is 10.5 Å². The molecule has 0 aromatic carbocycles. The minimum Gasteiger partial charge on any atom is -0.305 e. The summed E-state index contributed by atoms with van der Waals surface area (Å²) in [5.74, 6) is 0.211. The Morgan fingerprint density at radius 2 is 2.36 bits per heavy atom. The number of nitrogens with zero attached hydrogens (tertiary/aromatic N) is 3. The molecule has 2 heterocycles. The SMILES string of the molecule is O=C(Nc1ccccn1)c1cnsn1. The third-order valence-electron chi connectivity index (χ3n) is 1.50. The fraction of sp³-hybridized carbons (Fsp3) is 0. The summed E-state index contributed by atoms with van der Waals surface area (Å²) in [7, 11) is 0. The van der Waals surface area contributed by atoms with Crippen LogP contribution in [0.5, 0.6) is 0 Å². The van der Waals surface area contributed by atoms with Gasteiger partial charge in [0.15, 0.2) is 5.69 Å². The van der Waals surface area contributed by atoms with Crippen LogP contribution < -0.4 is 5.32 Å². The Hall–Kier alpha value is -1.82. The lowest BCUT2D eigenvalue weighted by atomic mass is 10.4. The Labute approximate surface area is 84.1 Å². The summed E-state index contributed by atoms with van der Waals surface area (Å²) in [4.78, 5) is 15.4. The van der Waals surface area contributed by atoms with Crippen LogP contribution in [-0.2, 0) is 0 Å². The van der Waals surface area contributed by atoms with Crippen LogP contribution in [0, 0.1) is 0 Å². The number of carbonyl (C=O) groups excluding carboxylic acids is 1. The van der Waals surface area contributed by atoms with Crippen molar-refractivity contribution in [1.29, 1.82) is 0 Å². The van der Waals surface area contributed by atoms with Gasteiger partial charge in [-0.2, -0.15) is 8.75 Å². The van der Waals surface area contributed by atoms with Gasteiger partial charge in [-0.15, -0.1) is 0 Å². The second kappa shape index (κ2) is 3.93. The van der Waals surface area contributed by atoms with E-state index in [-0.39, 0.29) is 5.91 Å². The zero-order valence-corrected chi connectivity index (χ0v) is 7.86. The number of rotatable bonds is 2. The molecule has 70 valence electrons.